The van der Waals surface area contributed by atoms with Gasteiger partial charge >= 0.3 is 16.4 Å². The lowest BCUT2D eigenvalue weighted by molar-refractivity contribution is -0.0236. The average molecular weight is 417 g/mol. The van der Waals surface area contributed by atoms with Crippen molar-refractivity contribution in [1.82, 2.24) is 19.5 Å². The van der Waals surface area contributed by atoms with Crippen molar-refractivity contribution in [2.45, 2.75) is 63.3 Å². The van der Waals surface area contributed by atoms with E-state index in [2.05, 4.69) is 19.1 Å². The zero-order valence-electron chi connectivity index (χ0n) is 14.9. The number of rotatable bonds is 5. The van der Waals surface area contributed by atoms with Gasteiger partial charge in [-0.05, 0) is 32.6 Å². The van der Waals surface area contributed by atoms with Gasteiger partial charge in [0.1, 0.15) is 6.10 Å². The van der Waals surface area contributed by atoms with Crippen LogP contribution in [-0.2, 0) is 19.3 Å². The maximum Gasteiger partial charge on any atom is 0.397 e. The smallest absolute Gasteiger partial charge is 0.397 e. The minimum Gasteiger partial charge on any atom is -0.460 e. The summed E-state index contributed by atoms with van der Waals surface area (Å²) in [5.74, 6) is 0.0619. The predicted molar refractivity (Wildman–Crippen MR) is 93.5 cm³/mol. The number of ether oxygens (including phenoxy) is 2. The number of hydrogen-bond acceptors (Lipinski definition) is 9. The first-order valence-corrected chi connectivity index (χ1v) is 10.2. The largest absolute Gasteiger partial charge is 0.460 e. The molecule has 11 nitrogen and oxygen atoms in total. The van der Waals surface area contributed by atoms with Gasteiger partial charge in [-0.1, -0.05) is 0 Å². The van der Waals surface area contributed by atoms with Crippen LogP contribution in [0.3, 0.4) is 0 Å². The SMILES string of the molecule is C[C@H]1O[C@@H](n2cnc3c(N)nc(OC4CCCC4)nc32)[C@H](OS(=O)(=O)O)[C@H]1F. The second kappa shape index (κ2) is 7.06. The van der Waals surface area contributed by atoms with Gasteiger partial charge in [-0.3, -0.25) is 9.12 Å². The molecule has 1 aliphatic carbocycles. The van der Waals surface area contributed by atoms with E-state index in [4.69, 9.17) is 19.8 Å². The molecule has 0 bridgehead atoms. The minimum atomic E-state index is -4.91. The number of aromatic nitrogens is 4. The summed E-state index contributed by atoms with van der Waals surface area (Å²) in [6.45, 7) is 1.42. The molecule has 2 aliphatic rings. The molecule has 2 aromatic rings. The van der Waals surface area contributed by atoms with Gasteiger partial charge in [0, 0.05) is 0 Å². The van der Waals surface area contributed by atoms with Gasteiger partial charge in [-0.15, -0.1) is 0 Å². The Morgan fingerprint density at radius 1 is 1.36 bits per heavy atom. The van der Waals surface area contributed by atoms with Crippen LogP contribution in [0.4, 0.5) is 10.2 Å². The molecular weight excluding hydrogens is 397 g/mol. The Labute approximate surface area is 160 Å². The number of imidazole rings is 1. The van der Waals surface area contributed by atoms with Crippen molar-refractivity contribution >= 4 is 27.4 Å². The normalized spacial score (nSPS) is 29.0. The third-order valence-electron chi connectivity index (χ3n) is 4.91. The molecule has 13 heteroatoms. The molecule has 3 N–H and O–H groups in total. The first-order chi connectivity index (χ1) is 13.2. The number of fused-ring (bicyclic) bond motifs is 1. The Kier molecular flexibility index (Phi) is 4.85. The monoisotopic (exact) mass is 417 g/mol. The summed E-state index contributed by atoms with van der Waals surface area (Å²) in [7, 11) is -4.91. The van der Waals surface area contributed by atoms with Crippen LogP contribution in [0.5, 0.6) is 6.01 Å². The number of halogens is 1. The Balaban J connectivity index is 1.71. The summed E-state index contributed by atoms with van der Waals surface area (Å²) in [6, 6.07) is 0.0498. The number of nitrogens with zero attached hydrogens (tertiary/aromatic N) is 4. The van der Waals surface area contributed by atoms with E-state index in [0.717, 1.165) is 25.7 Å². The third-order valence-corrected chi connectivity index (χ3v) is 5.37. The first-order valence-electron chi connectivity index (χ1n) is 8.85. The van der Waals surface area contributed by atoms with Gasteiger partial charge in [-0.25, -0.2) is 13.6 Å². The Morgan fingerprint density at radius 2 is 2.07 bits per heavy atom. The van der Waals surface area contributed by atoms with Crippen LogP contribution in [-0.4, -0.2) is 57.0 Å². The summed E-state index contributed by atoms with van der Waals surface area (Å²) in [4.78, 5) is 12.5. The van der Waals surface area contributed by atoms with Crippen LogP contribution in [0.2, 0.25) is 0 Å². The van der Waals surface area contributed by atoms with E-state index in [0.29, 0.717) is 0 Å². The molecule has 1 saturated heterocycles. The van der Waals surface area contributed by atoms with E-state index in [1.165, 1.54) is 17.8 Å². The van der Waals surface area contributed by atoms with Gasteiger partial charge < -0.3 is 15.2 Å². The molecule has 28 heavy (non-hydrogen) atoms. The van der Waals surface area contributed by atoms with E-state index in [1.807, 2.05) is 0 Å². The average Bonchev–Trinajstić information content (AvgIpc) is 3.31. The molecule has 4 rings (SSSR count). The highest BCUT2D eigenvalue weighted by atomic mass is 32.3. The van der Waals surface area contributed by atoms with Gasteiger partial charge in [0.2, 0.25) is 0 Å². The molecule has 2 aromatic heterocycles. The predicted octanol–water partition coefficient (Wildman–Crippen LogP) is 1.17. The lowest BCUT2D eigenvalue weighted by atomic mass is 10.2. The Morgan fingerprint density at radius 3 is 2.75 bits per heavy atom. The molecule has 0 amide bonds. The second-order valence-electron chi connectivity index (χ2n) is 6.90. The van der Waals surface area contributed by atoms with Gasteiger partial charge in [0.25, 0.3) is 0 Å². The molecule has 0 radical (unpaired) electrons. The van der Waals surface area contributed by atoms with Crippen molar-refractivity contribution < 1.29 is 31.0 Å². The van der Waals surface area contributed by atoms with Gasteiger partial charge in [0.05, 0.1) is 12.4 Å². The molecular formula is C15H20FN5O6S. The molecule has 0 aromatic carbocycles. The second-order valence-corrected chi connectivity index (χ2v) is 7.95. The minimum absolute atomic E-state index is 0.0122. The molecule has 154 valence electrons. The zero-order chi connectivity index (χ0) is 20.1. The van der Waals surface area contributed by atoms with Crippen molar-refractivity contribution in [1.29, 1.82) is 0 Å². The first kappa shape index (κ1) is 19.2. The highest BCUT2D eigenvalue weighted by Gasteiger charge is 2.47. The maximum absolute atomic E-state index is 14.4. The molecule has 0 unspecified atom stereocenters. The zero-order valence-corrected chi connectivity index (χ0v) is 15.7. The van der Waals surface area contributed by atoms with E-state index in [1.54, 1.807) is 0 Å². The van der Waals surface area contributed by atoms with E-state index in [9.17, 15) is 12.8 Å². The summed E-state index contributed by atoms with van der Waals surface area (Å²) >= 11 is 0. The lowest BCUT2D eigenvalue weighted by Crippen LogP contribution is -2.32. The fraction of sp³-hybridized carbons (Fsp3) is 0.667. The molecule has 0 spiro atoms. The number of anilines is 1. The van der Waals surface area contributed by atoms with Crippen LogP contribution in [0.15, 0.2) is 6.33 Å². The fourth-order valence-corrected chi connectivity index (χ4v) is 4.06. The van der Waals surface area contributed by atoms with E-state index in [-0.39, 0.29) is 29.1 Å². The summed E-state index contributed by atoms with van der Waals surface area (Å²) in [5.41, 5.74) is 6.35. The van der Waals surface area contributed by atoms with Crippen molar-refractivity contribution in [3.8, 4) is 6.01 Å². The van der Waals surface area contributed by atoms with Gasteiger partial charge in [-0.2, -0.15) is 18.4 Å². The topological polar surface area (TPSA) is 152 Å². The lowest BCUT2D eigenvalue weighted by Gasteiger charge is -2.19. The van der Waals surface area contributed by atoms with Crippen LogP contribution < -0.4 is 10.5 Å². The van der Waals surface area contributed by atoms with Crippen LogP contribution in [0, 0.1) is 0 Å². The van der Waals surface area contributed by atoms with Gasteiger partial charge in [0.15, 0.2) is 35.5 Å². The van der Waals surface area contributed by atoms with Crippen LogP contribution in [0.1, 0.15) is 38.8 Å². The Bertz CT molecular complexity index is 979. The molecule has 3 heterocycles. The number of nitrogens with two attached hydrogens (primary N) is 1. The molecule has 2 fully saturated rings. The van der Waals surface area contributed by atoms with E-state index < -0.39 is 35.0 Å². The maximum atomic E-state index is 14.4. The number of nitrogen functional groups attached to an aromatic ring is 1. The van der Waals surface area contributed by atoms with Crippen LogP contribution >= 0.6 is 0 Å². The standard InChI is InChI=1S/C15H20FN5O6S/c1-7-9(16)11(27-28(22,23)24)14(25-7)21-6-18-10-12(17)19-15(20-13(10)21)26-8-4-2-3-5-8/h6-9,11,14H,2-5H2,1H3,(H2,17,19,20)(H,22,23,24)/t7-,9+,11-,14-/m1/s1. The highest BCUT2D eigenvalue weighted by molar-refractivity contribution is 7.80. The quantitative estimate of drug-likeness (QED) is 0.678. The third kappa shape index (κ3) is 3.62. The van der Waals surface area contributed by atoms with Crippen LogP contribution in [0.25, 0.3) is 11.2 Å². The summed E-state index contributed by atoms with van der Waals surface area (Å²) in [5, 5.41) is 0. The van der Waals surface area contributed by atoms with Crippen molar-refractivity contribution in [3.05, 3.63) is 6.33 Å². The van der Waals surface area contributed by atoms with E-state index >= 15 is 0 Å². The number of alkyl halides is 1. The molecule has 4 atom stereocenters. The summed E-state index contributed by atoms with van der Waals surface area (Å²) in [6.07, 6.45) is -0.521. The fourth-order valence-electron chi connectivity index (χ4n) is 3.57. The van der Waals surface area contributed by atoms with Crippen molar-refractivity contribution in [3.63, 3.8) is 0 Å². The molecule has 1 aliphatic heterocycles. The highest BCUT2D eigenvalue weighted by Crippen LogP contribution is 2.36. The summed E-state index contributed by atoms with van der Waals surface area (Å²) < 4.78 is 62.8. The Hall–Kier alpha value is -2.09. The number of hydrogen-bond donors (Lipinski definition) is 2. The van der Waals surface area contributed by atoms with Crippen molar-refractivity contribution in [2.24, 2.45) is 0 Å². The molecule has 1 saturated carbocycles. The van der Waals surface area contributed by atoms with Crippen molar-refractivity contribution in [2.75, 3.05) is 5.73 Å².